The van der Waals surface area contributed by atoms with Crippen LogP contribution in [0.4, 0.5) is 0 Å². The number of benzene rings is 1. The average molecular weight is 360 g/mol. The first kappa shape index (κ1) is 13.9. The van der Waals surface area contributed by atoms with Gasteiger partial charge in [0.05, 0.1) is 15.5 Å². The molecule has 6 heteroatoms. The SMILES string of the molecule is O=C(N/N=C/c1ccc(Br)s1)c1ccc2ccccc2n1. The molecule has 0 fully saturated rings. The van der Waals surface area contributed by atoms with E-state index in [-0.39, 0.29) is 5.91 Å². The van der Waals surface area contributed by atoms with Crippen LogP contribution < -0.4 is 5.43 Å². The summed E-state index contributed by atoms with van der Waals surface area (Å²) in [6, 6.07) is 15.1. The topological polar surface area (TPSA) is 54.4 Å². The Morgan fingerprint density at radius 2 is 2.05 bits per heavy atom. The van der Waals surface area contributed by atoms with Crippen LogP contribution in [0.3, 0.4) is 0 Å². The van der Waals surface area contributed by atoms with E-state index in [9.17, 15) is 4.79 Å². The number of para-hydroxylation sites is 1. The summed E-state index contributed by atoms with van der Waals surface area (Å²) in [5, 5.41) is 4.94. The average Bonchev–Trinajstić information content (AvgIpc) is 2.92. The highest BCUT2D eigenvalue weighted by molar-refractivity contribution is 9.11. The first-order valence-electron chi connectivity index (χ1n) is 6.17. The molecule has 2 heterocycles. The summed E-state index contributed by atoms with van der Waals surface area (Å²) in [5.74, 6) is -0.326. The predicted molar refractivity (Wildman–Crippen MR) is 88.8 cm³/mol. The van der Waals surface area contributed by atoms with Crippen LogP contribution >= 0.6 is 27.3 Å². The Bertz CT molecular complexity index is 828. The molecule has 0 aliphatic rings. The predicted octanol–water partition coefficient (Wildman–Crippen LogP) is 3.82. The van der Waals surface area contributed by atoms with Crippen LogP contribution in [-0.4, -0.2) is 17.1 Å². The molecule has 4 nitrogen and oxygen atoms in total. The van der Waals surface area contributed by atoms with E-state index in [2.05, 4.69) is 31.4 Å². The Hall–Kier alpha value is -2.05. The van der Waals surface area contributed by atoms with Gasteiger partial charge in [0.15, 0.2) is 0 Å². The molecule has 0 unspecified atom stereocenters. The van der Waals surface area contributed by atoms with Crippen molar-refractivity contribution in [1.29, 1.82) is 0 Å². The Kier molecular flexibility index (Phi) is 4.08. The van der Waals surface area contributed by atoms with Gasteiger partial charge in [0.1, 0.15) is 5.69 Å². The third kappa shape index (κ3) is 3.34. The summed E-state index contributed by atoms with van der Waals surface area (Å²) in [5.41, 5.74) is 3.61. The first-order valence-corrected chi connectivity index (χ1v) is 7.78. The Morgan fingerprint density at radius 3 is 2.86 bits per heavy atom. The van der Waals surface area contributed by atoms with E-state index >= 15 is 0 Å². The maximum atomic E-state index is 12.0. The molecular weight excluding hydrogens is 350 g/mol. The van der Waals surface area contributed by atoms with Crippen LogP contribution in [0.25, 0.3) is 10.9 Å². The Morgan fingerprint density at radius 1 is 1.19 bits per heavy atom. The third-order valence-electron chi connectivity index (χ3n) is 2.78. The van der Waals surface area contributed by atoms with Crippen molar-refractivity contribution in [2.75, 3.05) is 0 Å². The van der Waals surface area contributed by atoms with E-state index in [1.165, 1.54) is 11.3 Å². The monoisotopic (exact) mass is 359 g/mol. The van der Waals surface area contributed by atoms with Crippen molar-refractivity contribution >= 4 is 50.3 Å². The molecule has 3 aromatic rings. The molecule has 0 radical (unpaired) electrons. The van der Waals surface area contributed by atoms with Crippen molar-refractivity contribution in [3.8, 4) is 0 Å². The summed E-state index contributed by atoms with van der Waals surface area (Å²) in [6.45, 7) is 0. The number of nitrogens with one attached hydrogen (secondary N) is 1. The van der Waals surface area contributed by atoms with Gasteiger partial charge < -0.3 is 0 Å². The van der Waals surface area contributed by atoms with Gasteiger partial charge in [-0.2, -0.15) is 5.10 Å². The molecule has 0 saturated carbocycles. The smallest absolute Gasteiger partial charge is 0.266 e. The molecule has 0 saturated heterocycles. The zero-order valence-corrected chi connectivity index (χ0v) is 13.2. The highest BCUT2D eigenvalue weighted by Gasteiger charge is 2.06. The molecule has 0 aliphatic carbocycles. The van der Waals surface area contributed by atoms with Gasteiger partial charge >= 0.3 is 0 Å². The van der Waals surface area contributed by atoms with Gasteiger partial charge in [-0.05, 0) is 40.2 Å². The van der Waals surface area contributed by atoms with Crippen molar-refractivity contribution in [1.82, 2.24) is 10.4 Å². The number of carbonyl (C=O) groups excluding carboxylic acids is 1. The number of carbonyl (C=O) groups is 1. The van der Waals surface area contributed by atoms with Crippen molar-refractivity contribution < 1.29 is 4.79 Å². The van der Waals surface area contributed by atoms with Crippen LogP contribution in [0.2, 0.25) is 0 Å². The number of aromatic nitrogens is 1. The summed E-state index contributed by atoms with van der Waals surface area (Å²) in [4.78, 5) is 17.3. The second-order valence-corrected chi connectivity index (χ2v) is 6.72. The highest BCUT2D eigenvalue weighted by atomic mass is 79.9. The van der Waals surface area contributed by atoms with E-state index in [0.717, 1.165) is 19.6 Å². The maximum absolute atomic E-state index is 12.0. The summed E-state index contributed by atoms with van der Waals surface area (Å²) >= 11 is 4.91. The van der Waals surface area contributed by atoms with Crippen molar-refractivity contribution in [3.05, 3.63) is 62.9 Å². The van der Waals surface area contributed by atoms with Crippen molar-refractivity contribution in [2.24, 2.45) is 5.10 Å². The normalized spacial score (nSPS) is 11.1. The largest absolute Gasteiger partial charge is 0.289 e. The van der Waals surface area contributed by atoms with E-state index in [0.29, 0.717) is 5.69 Å². The first-order chi connectivity index (χ1) is 10.2. The lowest BCUT2D eigenvalue weighted by Crippen LogP contribution is -2.18. The number of hydrogen-bond donors (Lipinski definition) is 1. The van der Waals surface area contributed by atoms with Crippen LogP contribution in [0.5, 0.6) is 0 Å². The lowest BCUT2D eigenvalue weighted by Gasteiger charge is -2.01. The van der Waals surface area contributed by atoms with Gasteiger partial charge in [0.2, 0.25) is 0 Å². The number of amides is 1. The molecule has 1 N–H and O–H groups in total. The fourth-order valence-electron chi connectivity index (χ4n) is 1.80. The lowest BCUT2D eigenvalue weighted by atomic mass is 10.2. The molecule has 1 aromatic carbocycles. The Labute approximate surface area is 133 Å². The standard InChI is InChI=1S/C15H10BrN3OS/c16-14-8-6-11(21-14)9-17-19-15(20)13-7-5-10-3-1-2-4-12(10)18-13/h1-9H,(H,19,20)/b17-9+. The molecule has 0 bridgehead atoms. The molecule has 0 atom stereocenters. The number of fused-ring (bicyclic) bond motifs is 1. The fraction of sp³-hybridized carbons (Fsp3) is 0. The number of nitrogens with zero attached hydrogens (tertiary/aromatic N) is 2. The second-order valence-electron chi connectivity index (χ2n) is 4.23. The molecule has 0 spiro atoms. The van der Waals surface area contributed by atoms with E-state index in [1.807, 2.05) is 42.5 Å². The molecular formula is C15H10BrN3OS. The lowest BCUT2D eigenvalue weighted by molar-refractivity contribution is 0.0950. The highest BCUT2D eigenvalue weighted by Crippen LogP contribution is 2.20. The molecule has 21 heavy (non-hydrogen) atoms. The molecule has 104 valence electrons. The summed E-state index contributed by atoms with van der Waals surface area (Å²) in [7, 11) is 0. The van der Waals surface area contributed by atoms with Crippen LogP contribution in [-0.2, 0) is 0 Å². The van der Waals surface area contributed by atoms with Crippen molar-refractivity contribution in [2.45, 2.75) is 0 Å². The summed E-state index contributed by atoms with van der Waals surface area (Å²) in [6.07, 6.45) is 1.61. The minimum Gasteiger partial charge on any atom is -0.266 e. The number of halogens is 1. The number of pyridine rings is 1. The van der Waals surface area contributed by atoms with Crippen molar-refractivity contribution in [3.63, 3.8) is 0 Å². The second kappa shape index (κ2) is 6.15. The van der Waals surface area contributed by atoms with E-state index < -0.39 is 0 Å². The third-order valence-corrected chi connectivity index (χ3v) is 4.34. The van der Waals surface area contributed by atoms with Gasteiger partial charge in [-0.1, -0.05) is 24.3 Å². The van der Waals surface area contributed by atoms with E-state index in [4.69, 9.17) is 0 Å². The zero-order chi connectivity index (χ0) is 14.7. The summed E-state index contributed by atoms with van der Waals surface area (Å²) < 4.78 is 1.02. The van der Waals surface area contributed by atoms with Gasteiger partial charge in [-0.15, -0.1) is 11.3 Å². The molecule has 1 amide bonds. The number of thiophene rings is 1. The van der Waals surface area contributed by atoms with Gasteiger partial charge in [-0.3, -0.25) is 4.79 Å². The van der Waals surface area contributed by atoms with Gasteiger partial charge in [-0.25, -0.2) is 10.4 Å². The van der Waals surface area contributed by atoms with E-state index in [1.54, 1.807) is 12.3 Å². The number of rotatable bonds is 3. The zero-order valence-electron chi connectivity index (χ0n) is 10.8. The van der Waals surface area contributed by atoms with Crippen LogP contribution in [0.15, 0.2) is 57.4 Å². The van der Waals surface area contributed by atoms with Gasteiger partial charge in [0, 0.05) is 10.3 Å². The molecule has 2 aromatic heterocycles. The van der Waals surface area contributed by atoms with Crippen LogP contribution in [0.1, 0.15) is 15.4 Å². The fourth-order valence-corrected chi connectivity index (χ4v) is 3.10. The minimum absolute atomic E-state index is 0.326. The molecule has 3 rings (SSSR count). The minimum atomic E-state index is -0.326. The number of hydrogen-bond acceptors (Lipinski definition) is 4. The van der Waals surface area contributed by atoms with Gasteiger partial charge in [0.25, 0.3) is 5.91 Å². The van der Waals surface area contributed by atoms with Crippen LogP contribution in [0, 0.1) is 0 Å². The quantitative estimate of drug-likeness (QED) is 0.570. The maximum Gasteiger partial charge on any atom is 0.289 e. The number of hydrazone groups is 1. The molecule has 0 aliphatic heterocycles. The Balaban J connectivity index is 1.73.